The Bertz CT molecular complexity index is 2600. The number of halogens is 1. The summed E-state index contributed by atoms with van der Waals surface area (Å²) in [6.07, 6.45) is 1.07. The Morgan fingerprint density at radius 2 is 1.42 bits per heavy atom. The van der Waals surface area contributed by atoms with Gasteiger partial charge in [-0.25, -0.2) is 4.39 Å². The Balaban J connectivity index is 1.32. The maximum Gasteiger partial charge on any atom is 0.254 e. The van der Waals surface area contributed by atoms with Gasteiger partial charge in [0.25, 0.3) is 6.71 Å². The fourth-order valence-electron chi connectivity index (χ4n) is 9.23. The minimum atomic E-state index is -0.263. The largest absolute Gasteiger partial charge is 0.311 e. The lowest BCUT2D eigenvalue weighted by Gasteiger charge is -2.44. The van der Waals surface area contributed by atoms with Gasteiger partial charge in [0, 0.05) is 38.6 Å². The van der Waals surface area contributed by atoms with Crippen LogP contribution in [-0.4, -0.2) is 6.71 Å². The third kappa shape index (κ3) is 4.23. The van der Waals surface area contributed by atoms with E-state index >= 15 is 0 Å². The average Bonchev–Trinajstić information content (AvgIpc) is 3.64. The first-order valence-electron chi connectivity index (χ1n) is 18.5. The van der Waals surface area contributed by atoms with Crippen molar-refractivity contribution in [1.29, 1.82) is 0 Å². The van der Waals surface area contributed by atoms with E-state index in [1.807, 2.05) is 23.5 Å². The first-order chi connectivity index (χ1) is 25.1. The fourth-order valence-corrected chi connectivity index (χ4v) is 10.5. The minimum absolute atomic E-state index is 0.0187. The number of hydrogen-bond donors (Lipinski definition) is 0. The third-order valence-electron chi connectivity index (χ3n) is 12.3. The minimum Gasteiger partial charge on any atom is -0.311 e. The van der Waals surface area contributed by atoms with Gasteiger partial charge in [-0.05, 0) is 123 Å². The normalized spacial score (nSPS) is 14.9. The summed E-state index contributed by atoms with van der Waals surface area (Å²) in [6.45, 7) is 13.9. The van der Waals surface area contributed by atoms with E-state index in [-0.39, 0.29) is 23.4 Å². The van der Waals surface area contributed by atoms with Crippen molar-refractivity contribution in [1.82, 2.24) is 0 Å². The van der Waals surface area contributed by atoms with Gasteiger partial charge in [-0.2, -0.15) is 0 Å². The number of nitrogens with zero attached hydrogens (tertiary/aromatic N) is 2. The molecule has 3 aliphatic rings. The first kappa shape index (κ1) is 31.6. The summed E-state index contributed by atoms with van der Waals surface area (Å²) in [6, 6.07) is 43.7. The molecule has 1 aromatic heterocycles. The van der Waals surface area contributed by atoms with Crippen LogP contribution in [0.5, 0.6) is 0 Å². The molecular weight excluding hydrogens is 654 g/mol. The highest BCUT2D eigenvalue weighted by Crippen LogP contribution is 2.56. The lowest BCUT2D eigenvalue weighted by atomic mass is 9.33. The fraction of sp³-hybridized carbons (Fsp3) is 0.191. The van der Waals surface area contributed by atoms with Crippen molar-refractivity contribution in [2.45, 2.75) is 58.8 Å². The predicted molar refractivity (Wildman–Crippen MR) is 221 cm³/mol. The molecule has 6 aromatic carbocycles. The highest BCUT2D eigenvalue weighted by atomic mass is 32.1. The van der Waals surface area contributed by atoms with Crippen LogP contribution in [0, 0.1) is 12.7 Å². The molecule has 0 spiro atoms. The van der Waals surface area contributed by atoms with Crippen LogP contribution in [0.4, 0.5) is 37.8 Å². The van der Waals surface area contributed by atoms with Gasteiger partial charge in [-0.15, -0.1) is 11.3 Å². The Kier molecular flexibility index (Phi) is 6.65. The molecule has 0 N–H and O–H groups in total. The zero-order valence-electron chi connectivity index (χ0n) is 30.5. The predicted octanol–water partition coefficient (Wildman–Crippen LogP) is 11.4. The van der Waals surface area contributed by atoms with E-state index in [2.05, 4.69) is 148 Å². The average molecular weight is 695 g/mol. The first-order valence-corrected chi connectivity index (χ1v) is 19.3. The number of fused-ring (bicyclic) bond motifs is 10. The summed E-state index contributed by atoms with van der Waals surface area (Å²) in [7, 11) is 0. The summed E-state index contributed by atoms with van der Waals surface area (Å²) in [5.41, 5.74) is 17.4. The second-order valence-electron chi connectivity index (χ2n) is 16.0. The highest BCUT2D eigenvalue weighted by Gasteiger charge is 2.49. The van der Waals surface area contributed by atoms with E-state index in [0.29, 0.717) is 0 Å². The summed E-state index contributed by atoms with van der Waals surface area (Å²) < 4.78 is 15.9. The van der Waals surface area contributed by atoms with Gasteiger partial charge in [0.15, 0.2) is 0 Å². The van der Waals surface area contributed by atoms with Crippen molar-refractivity contribution in [2.75, 3.05) is 9.80 Å². The van der Waals surface area contributed by atoms with Crippen molar-refractivity contribution >= 4 is 78.0 Å². The third-order valence-corrected chi connectivity index (χ3v) is 13.5. The zero-order valence-corrected chi connectivity index (χ0v) is 31.3. The number of thiophene rings is 1. The van der Waals surface area contributed by atoms with Crippen LogP contribution in [0.15, 0.2) is 121 Å². The standard InChI is InChI=1S/C47H40BFN2S/c1-7-46(3,4)29-17-25-36-35(27-29)33-24-26-37-44(41(33)47(36,5)6)50(31-22-18-30(49)19-23-31)38-12-10-13-39-43(38)48(37)42-34-11-8-9-14-40(34)52-45(42)51(39)32-20-15-28(2)16-21-32/h8-27H,7H2,1-6H3. The van der Waals surface area contributed by atoms with E-state index in [9.17, 15) is 4.39 Å². The van der Waals surface area contributed by atoms with Gasteiger partial charge in [-0.1, -0.05) is 107 Å². The van der Waals surface area contributed by atoms with Gasteiger partial charge >= 0.3 is 0 Å². The Morgan fingerprint density at radius 3 is 2.17 bits per heavy atom. The smallest absolute Gasteiger partial charge is 0.254 e. The molecule has 254 valence electrons. The summed E-state index contributed by atoms with van der Waals surface area (Å²) in [5, 5.41) is 2.58. The number of benzene rings is 6. The van der Waals surface area contributed by atoms with Gasteiger partial charge in [0.05, 0.1) is 5.00 Å². The maximum atomic E-state index is 14.6. The van der Waals surface area contributed by atoms with Gasteiger partial charge in [-0.3, -0.25) is 0 Å². The van der Waals surface area contributed by atoms with Crippen LogP contribution < -0.4 is 26.2 Å². The maximum absolute atomic E-state index is 14.6. The molecule has 0 atom stereocenters. The van der Waals surface area contributed by atoms with E-state index in [0.717, 1.165) is 23.5 Å². The molecule has 0 amide bonds. The zero-order chi connectivity index (χ0) is 35.7. The molecule has 0 saturated heterocycles. The molecule has 0 bridgehead atoms. The van der Waals surface area contributed by atoms with Gasteiger partial charge in [0.2, 0.25) is 0 Å². The highest BCUT2D eigenvalue weighted by molar-refractivity contribution is 7.26. The second-order valence-corrected chi connectivity index (χ2v) is 17.0. The molecule has 2 aliphatic heterocycles. The van der Waals surface area contributed by atoms with Crippen LogP contribution in [0.3, 0.4) is 0 Å². The summed E-state index contributed by atoms with van der Waals surface area (Å²) >= 11 is 1.88. The van der Waals surface area contributed by atoms with Crippen LogP contribution in [0.25, 0.3) is 21.2 Å². The van der Waals surface area contributed by atoms with Gasteiger partial charge in [0.1, 0.15) is 5.82 Å². The molecule has 2 nitrogen and oxygen atoms in total. The second kappa shape index (κ2) is 10.9. The molecular formula is C47H40BFN2S. The number of rotatable bonds is 4. The molecule has 7 aromatic rings. The molecule has 5 heteroatoms. The SMILES string of the molecule is CCC(C)(C)c1ccc2c(c1)-c1ccc3c(c1C2(C)C)N(c1ccc(F)cc1)c1cccc2c1B3c1c(sc3ccccc13)N2c1ccc(C)cc1. The Hall–Kier alpha value is -5.13. The molecule has 1 aliphatic carbocycles. The molecule has 52 heavy (non-hydrogen) atoms. The van der Waals surface area contributed by atoms with E-state index in [1.165, 1.54) is 76.2 Å². The van der Waals surface area contributed by atoms with Crippen molar-refractivity contribution in [3.8, 4) is 11.1 Å². The van der Waals surface area contributed by atoms with Crippen LogP contribution in [0.2, 0.25) is 0 Å². The van der Waals surface area contributed by atoms with E-state index < -0.39 is 0 Å². The molecule has 0 saturated carbocycles. The molecule has 0 unspecified atom stereocenters. The molecule has 10 rings (SSSR count). The van der Waals surface area contributed by atoms with Crippen LogP contribution >= 0.6 is 11.3 Å². The van der Waals surface area contributed by atoms with Crippen LogP contribution in [-0.2, 0) is 10.8 Å². The van der Waals surface area contributed by atoms with Crippen LogP contribution in [0.1, 0.15) is 63.3 Å². The van der Waals surface area contributed by atoms with E-state index in [1.54, 1.807) is 12.1 Å². The van der Waals surface area contributed by atoms with Crippen molar-refractivity contribution in [3.05, 3.63) is 149 Å². The topological polar surface area (TPSA) is 6.48 Å². The molecule has 3 heterocycles. The monoisotopic (exact) mass is 694 g/mol. The van der Waals surface area contributed by atoms with Crippen molar-refractivity contribution in [2.24, 2.45) is 0 Å². The molecule has 0 fully saturated rings. The Morgan fingerprint density at radius 1 is 0.731 bits per heavy atom. The lowest BCUT2D eigenvalue weighted by molar-refractivity contribution is 0.506. The quantitative estimate of drug-likeness (QED) is 0.169. The summed E-state index contributed by atoms with van der Waals surface area (Å²) in [5.74, 6) is -0.231. The Labute approximate surface area is 310 Å². The number of aryl methyl sites for hydroxylation is 1. The summed E-state index contributed by atoms with van der Waals surface area (Å²) in [4.78, 5) is 4.92. The lowest BCUT2D eigenvalue weighted by Crippen LogP contribution is -2.61. The van der Waals surface area contributed by atoms with E-state index in [4.69, 9.17) is 0 Å². The number of hydrogen-bond acceptors (Lipinski definition) is 3. The van der Waals surface area contributed by atoms with Crippen molar-refractivity contribution in [3.63, 3.8) is 0 Å². The number of anilines is 6. The molecule has 0 radical (unpaired) electrons. The van der Waals surface area contributed by atoms with Crippen molar-refractivity contribution < 1.29 is 4.39 Å². The van der Waals surface area contributed by atoms with Gasteiger partial charge < -0.3 is 9.80 Å².